The summed E-state index contributed by atoms with van der Waals surface area (Å²) >= 11 is 0. The van der Waals surface area contributed by atoms with Crippen molar-refractivity contribution in [3.63, 3.8) is 0 Å². The Morgan fingerprint density at radius 1 is 1.27 bits per heavy atom. The molecule has 3 atom stereocenters. The highest BCUT2D eigenvalue weighted by molar-refractivity contribution is 6.31. The molecule has 0 spiro atoms. The van der Waals surface area contributed by atoms with Crippen LogP contribution in [0.4, 0.5) is 0 Å². The van der Waals surface area contributed by atoms with Gasteiger partial charge in [0, 0.05) is 6.54 Å². The van der Waals surface area contributed by atoms with Gasteiger partial charge < -0.3 is 10.4 Å². The number of fused-ring (bicyclic) bond motifs is 3. The predicted octanol–water partition coefficient (Wildman–Crippen LogP) is 4.02. The number of nitrogens with one attached hydrogen (secondary N) is 1. The van der Waals surface area contributed by atoms with Crippen molar-refractivity contribution in [3.05, 3.63) is 34.9 Å². The predicted molar refractivity (Wildman–Crippen MR) is 102 cm³/mol. The van der Waals surface area contributed by atoms with Crippen LogP contribution in [-0.4, -0.2) is 23.5 Å². The minimum atomic E-state index is -1.40. The van der Waals surface area contributed by atoms with E-state index in [4.69, 9.17) is 5.11 Å². The van der Waals surface area contributed by atoms with Crippen LogP contribution in [0.1, 0.15) is 76.0 Å². The molecule has 0 saturated heterocycles. The van der Waals surface area contributed by atoms with Crippen molar-refractivity contribution in [2.24, 2.45) is 11.3 Å². The number of carboxylic acid groups (broad SMARTS) is 1. The molecule has 0 bridgehead atoms. The van der Waals surface area contributed by atoms with Gasteiger partial charge in [0.25, 0.3) is 0 Å². The summed E-state index contributed by atoms with van der Waals surface area (Å²) in [5, 5.41) is 11.5. The number of amides is 1. The average Bonchev–Trinajstić information content (AvgIpc) is 2.59. The van der Waals surface area contributed by atoms with E-state index in [-0.39, 0.29) is 10.8 Å². The van der Waals surface area contributed by atoms with Gasteiger partial charge in [0.2, 0.25) is 0 Å². The molecule has 2 N–H and O–H groups in total. The molecule has 0 aromatic heterocycles. The molecule has 0 unspecified atom stereocenters. The number of rotatable bonds is 3. The van der Waals surface area contributed by atoms with E-state index in [1.165, 1.54) is 16.7 Å². The van der Waals surface area contributed by atoms with Crippen LogP contribution in [0.5, 0.6) is 0 Å². The maximum Gasteiger partial charge on any atom is 0.394 e. The van der Waals surface area contributed by atoms with Gasteiger partial charge in [0.15, 0.2) is 0 Å². The molecule has 3 rings (SSSR count). The van der Waals surface area contributed by atoms with E-state index in [1.54, 1.807) is 0 Å². The summed E-state index contributed by atoms with van der Waals surface area (Å²) < 4.78 is 0. The first-order valence-corrected chi connectivity index (χ1v) is 9.82. The van der Waals surface area contributed by atoms with Crippen LogP contribution in [0.3, 0.4) is 0 Å². The minimum Gasteiger partial charge on any atom is -0.474 e. The molecule has 0 aliphatic heterocycles. The second kappa shape index (κ2) is 6.71. The Morgan fingerprint density at radius 3 is 2.65 bits per heavy atom. The van der Waals surface area contributed by atoms with E-state index < -0.39 is 11.9 Å². The molecule has 4 nitrogen and oxygen atoms in total. The number of benzene rings is 1. The Hall–Kier alpha value is -1.84. The number of aliphatic carboxylic acids is 1. The summed E-state index contributed by atoms with van der Waals surface area (Å²) in [7, 11) is 0. The summed E-state index contributed by atoms with van der Waals surface area (Å²) in [6.45, 7) is 9.51. The summed E-state index contributed by atoms with van der Waals surface area (Å²) in [4.78, 5) is 22.4. The molecule has 1 fully saturated rings. The largest absolute Gasteiger partial charge is 0.474 e. The summed E-state index contributed by atoms with van der Waals surface area (Å²) in [5.74, 6) is -1.30. The first-order chi connectivity index (χ1) is 12.2. The monoisotopic (exact) mass is 357 g/mol. The van der Waals surface area contributed by atoms with Gasteiger partial charge in [-0.3, -0.25) is 4.79 Å². The second-order valence-corrected chi connectivity index (χ2v) is 9.08. The Bertz CT molecular complexity index is 726. The van der Waals surface area contributed by atoms with Crippen molar-refractivity contribution in [2.45, 2.75) is 71.1 Å². The van der Waals surface area contributed by atoms with Crippen LogP contribution in [-0.2, 0) is 21.4 Å². The maximum absolute atomic E-state index is 11.6. The fourth-order valence-corrected chi connectivity index (χ4v) is 5.57. The minimum absolute atomic E-state index is 0.0630. The van der Waals surface area contributed by atoms with Gasteiger partial charge >= 0.3 is 11.9 Å². The lowest BCUT2D eigenvalue weighted by Crippen LogP contribution is -2.53. The van der Waals surface area contributed by atoms with Crippen molar-refractivity contribution in [2.75, 3.05) is 6.54 Å². The third-order valence-electron chi connectivity index (χ3n) is 7.01. The van der Waals surface area contributed by atoms with Crippen LogP contribution in [0.15, 0.2) is 18.2 Å². The molecular weight excluding hydrogens is 326 g/mol. The zero-order valence-electron chi connectivity index (χ0n) is 16.4. The Morgan fingerprint density at radius 2 is 2.00 bits per heavy atom. The SMILES string of the molecule is CC(C)c1ccc2c(c1)CC[C@H]1[C@](C)(CNC(=O)C(=O)O)CCC[C@]21C. The van der Waals surface area contributed by atoms with E-state index in [0.29, 0.717) is 18.4 Å². The Labute approximate surface area is 156 Å². The van der Waals surface area contributed by atoms with E-state index in [9.17, 15) is 9.59 Å². The molecule has 0 heterocycles. The summed E-state index contributed by atoms with van der Waals surface area (Å²) in [6, 6.07) is 6.99. The molecule has 1 saturated carbocycles. The van der Waals surface area contributed by atoms with Crippen molar-refractivity contribution in [1.82, 2.24) is 5.32 Å². The molecule has 4 heteroatoms. The lowest BCUT2D eigenvalue weighted by atomic mass is 9.49. The summed E-state index contributed by atoms with van der Waals surface area (Å²) in [6.07, 6.45) is 5.47. The first kappa shape index (κ1) is 18.9. The van der Waals surface area contributed by atoms with E-state index in [0.717, 1.165) is 32.1 Å². The number of carboxylic acids is 1. The van der Waals surface area contributed by atoms with Crippen LogP contribution in [0, 0.1) is 11.3 Å². The standard InChI is InChI=1S/C22H31NO3/c1-14(2)15-6-8-17-16(12-15)7-9-18-21(3,10-5-11-22(17,18)4)13-23-19(24)20(25)26/h6,8,12,14,18H,5,7,9-11,13H2,1-4H3,(H,23,24)(H,25,26)/t18-,21-,22+/m0/s1. The number of carbonyl (C=O) groups excluding carboxylic acids is 1. The Balaban J connectivity index is 1.90. The highest BCUT2D eigenvalue weighted by Gasteiger charge is 2.51. The molecule has 1 amide bonds. The van der Waals surface area contributed by atoms with Crippen LogP contribution >= 0.6 is 0 Å². The number of hydrogen-bond donors (Lipinski definition) is 2. The third kappa shape index (κ3) is 3.15. The maximum atomic E-state index is 11.6. The van der Waals surface area contributed by atoms with Crippen LogP contribution < -0.4 is 5.32 Å². The first-order valence-electron chi connectivity index (χ1n) is 9.82. The fraction of sp³-hybridized carbons (Fsp3) is 0.636. The van der Waals surface area contributed by atoms with Gasteiger partial charge in [-0.1, -0.05) is 52.3 Å². The lowest BCUT2D eigenvalue weighted by molar-refractivity contribution is -0.150. The van der Waals surface area contributed by atoms with E-state index in [1.807, 2.05) is 0 Å². The van der Waals surface area contributed by atoms with Crippen LogP contribution in [0.25, 0.3) is 0 Å². The topological polar surface area (TPSA) is 66.4 Å². The van der Waals surface area contributed by atoms with Crippen molar-refractivity contribution in [1.29, 1.82) is 0 Å². The van der Waals surface area contributed by atoms with E-state index in [2.05, 4.69) is 51.2 Å². The molecule has 2 aliphatic rings. The third-order valence-corrected chi connectivity index (χ3v) is 7.01. The smallest absolute Gasteiger partial charge is 0.394 e. The molecule has 1 aromatic carbocycles. The van der Waals surface area contributed by atoms with Crippen molar-refractivity contribution < 1.29 is 14.7 Å². The van der Waals surface area contributed by atoms with Gasteiger partial charge in [-0.25, -0.2) is 4.79 Å². The van der Waals surface area contributed by atoms with Gasteiger partial charge in [0.05, 0.1) is 0 Å². The second-order valence-electron chi connectivity index (χ2n) is 9.08. The molecule has 26 heavy (non-hydrogen) atoms. The van der Waals surface area contributed by atoms with E-state index >= 15 is 0 Å². The molecule has 2 aliphatic carbocycles. The van der Waals surface area contributed by atoms with Gasteiger partial charge in [-0.2, -0.15) is 0 Å². The molecule has 1 aromatic rings. The van der Waals surface area contributed by atoms with Crippen molar-refractivity contribution in [3.8, 4) is 0 Å². The highest BCUT2D eigenvalue weighted by Crippen LogP contribution is 2.57. The number of aryl methyl sites for hydroxylation is 1. The molecule has 142 valence electrons. The quantitative estimate of drug-likeness (QED) is 0.803. The molecular formula is C22H31NO3. The van der Waals surface area contributed by atoms with Gasteiger partial charge in [-0.05, 0) is 65.0 Å². The molecule has 0 radical (unpaired) electrons. The van der Waals surface area contributed by atoms with Gasteiger partial charge in [-0.15, -0.1) is 0 Å². The highest BCUT2D eigenvalue weighted by atomic mass is 16.4. The number of hydrogen-bond acceptors (Lipinski definition) is 2. The van der Waals surface area contributed by atoms with Crippen LogP contribution in [0.2, 0.25) is 0 Å². The number of carbonyl (C=O) groups is 2. The Kier molecular flexibility index (Phi) is 4.89. The fourth-order valence-electron chi connectivity index (χ4n) is 5.57. The zero-order chi connectivity index (χ0) is 19.1. The zero-order valence-corrected chi connectivity index (χ0v) is 16.4. The van der Waals surface area contributed by atoms with Crippen molar-refractivity contribution >= 4 is 11.9 Å². The normalized spacial score (nSPS) is 30.4. The average molecular weight is 357 g/mol. The summed E-state index contributed by atoms with van der Waals surface area (Å²) in [5.41, 5.74) is 4.39. The van der Waals surface area contributed by atoms with Gasteiger partial charge in [0.1, 0.15) is 0 Å². The lowest BCUT2D eigenvalue weighted by Gasteiger charge is -2.55.